The number of allylic oxidation sites excluding steroid dienone is 1. The third-order valence-electron chi connectivity index (χ3n) is 2.21. The SMILES string of the molecule is C.C=C(C)OCC.CC.CC(C)=O.[2HH].[2H][2H].[2H]c1ccccc1.[2H]c1ccccc1.[2H]c1ccccc1. The first-order chi connectivity index (χ1) is 16.7. The van der Waals surface area contributed by atoms with Gasteiger partial charge < -0.3 is 9.53 Å². The van der Waals surface area contributed by atoms with Crippen molar-refractivity contribution in [3.8, 4) is 0 Å². The van der Waals surface area contributed by atoms with Gasteiger partial charge in [-0.1, -0.05) is 137 Å². The zero-order chi connectivity index (χ0) is 27.9. The van der Waals surface area contributed by atoms with Crippen molar-refractivity contribution in [3.63, 3.8) is 0 Å². The van der Waals surface area contributed by atoms with Crippen molar-refractivity contribution in [1.29, 1.82) is 0 Å². The molecule has 0 aliphatic rings. The number of Topliss-reactive ketones (excluding diaryl/α,β-unsaturated/α-hetero) is 1. The first-order valence-electron chi connectivity index (χ1n) is 12.5. The Morgan fingerprint density at radius 2 is 0.935 bits per heavy atom. The number of carbonyl (C=O) groups excluding carboxylic acids is 1. The van der Waals surface area contributed by atoms with Crippen molar-refractivity contribution in [1.82, 2.24) is 0 Å². The van der Waals surface area contributed by atoms with E-state index in [-0.39, 0.29) is 14.6 Å². The van der Waals surface area contributed by atoms with Crippen LogP contribution < -0.4 is 0 Å². The highest BCUT2D eigenvalue weighted by Gasteiger charge is 1.73. The van der Waals surface area contributed by atoms with E-state index in [2.05, 4.69) is 6.58 Å². The molecule has 0 fully saturated rings. The maximum Gasteiger partial charge on any atom is 0.126 e. The summed E-state index contributed by atoms with van der Waals surface area (Å²) >= 11 is 0. The first-order valence-corrected chi connectivity index (χ1v) is 9.99. The number of hydrogen-bond acceptors (Lipinski definition) is 2. The van der Waals surface area contributed by atoms with Crippen LogP contribution in [-0.4, -0.2) is 12.4 Å². The minimum atomic E-state index is 0. The van der Waals surface area contributed by atoms with E-state index in [4.69, 9.17) is 11.8 Å². The first kappa shape index (κ1) is 25.9. The number of ketones is 1. The van der Waals surface area contributed by atoms with E-state index < -0.39 is 0 Å². The van der Waals surface area contributed by atoms with Crippen LogP contribution in [0.1, 0.15) is 57.5 Å². The van der Waals surface area contributed by atoms with Gasteiger partial charge in [0.1, 0.15) is 5.78 Å². The molecule has 0 aliphatic carbocycles. The molecule has 2 heteroatoms. The molecule has 0 bridgehead atoms. The van der Waals surface area contributed by atoms with Crippen LogP contribution in [0.15, 0.2) is 121 Å². The molecule has 0 unspecified atom stereocenters. The molecule has 0 amide bonds. The standard InChI is InChI=1S/3C6H6.C5H10O.C3H6O.C2H6.CH4.2H2/c3*1-2-4-6-5-3-1;1-4-6-5(2)3;1-3(2)4;1-2;;;/h3*1-6H;2,4H2,1,3H3;1-2H3;1-2H3;1H4;2*1H/i3*1D;;;;;1+1D;1+1. The Kier molecular flexibility index (Phi) is 28.7. The lowest BCUT2D eigenvalue weighted by Gasteiger charge is -1.95. The van der Waals surface area contributed by atoms with Crippen molar-refractivity contribution in [2.45, 2.75) is 49.0 Å². The molecule has 3 rings (SSSR count). The molecule has 0 saturated carbocycles. The molecule has 0 aliphatic heterocycles. The van der Waals surface area contributed by atoms with E-state index in [1.54, 1.807) is 36.4 Å². The second kappa shape index (κ2) is 34.4. The maximum atomic E-state index is 9.44. The normalized spacial score (nSPS) is 8.77. The number of rotatable bonds is 2. The average molecular weight is 435 g/mol. The molecule has 0 N–H and O–H groups in total. The van der Waals surface area contributed by atoms with E-state index in [0.717, 1.165) is 12.4 Å². The van der Waals surface area contributed by atoms with Crippen LogP contribution in [0.4, 0.5) is 0 Å². The predicted octanol–water partition coefficient (Wildman–Crippen LogP) is 9.37. The van der Waals surface area contributed by atoms with Gasteiger partial charge in [-0.3, -0.25) is 0 Å². The minimum absolute atomic E-state index is 0. The third-order valence-corrected chi connectivity index (χ3v) is 2.21. The summed E-state index contributed by atoms with van der Waals surface area (Å²) in [5, 5.41) is 0. The second-order valence-electron chi connectivity index (χ2n) is 5.28. The highest BCUT2D eigenvalue weighted by Crippen LogP contribution is 1.85. The monoisotopic (exact) mass is 434 g/mol. The smallest absolute Gasteiger partial charge is 0.126 e. The topological polar surface area (TPSA) is 26.3 Å². The van der Waals surface area contributed by atoms with Crippen molar-refractivity contribution in [3.05, 3.63) is 121 Å². The van der Waals surface area contributed by atoms with Crippen LogP contribution in [-0.2, 0) is 9.53 Å². The Morgan fingerprint density at radius 3 is 1.00 bits per heavy atom. The summed E-state index contributed by atoms with van der Waals surface area (Å²) in [7, 11) is 0. The second-order valence-corrected chi connectivity index (χ2v) is 5.28. The van der Waals surface area contributed by atoms with Gasteiger partial charge in [-0.2, -0.15) is 0 Å². The number of ether oxygens (including phenoxy) is 1. The Labute approximate surface area is 201 Å². The number of hydrogen-bond donors (Lipinski definition) is 0. The van der Waals surface area contributed by atoms with Gasteiger partial charge in [-0.05, 0) is 27.7 Å². The van der Waals surface area contributed by atoms with Gasteiger partial charge in [0.25, 0.3) is 0 Å². The van der Waals surface area contributed by atoms with Gasteiger partial charge >= 0.3 is 0 Å². The van der Waals surface area contributed by atoms with Gasteiger partial charge in [0.05, 0.1) is 16.5 Å². The van der Waals surface area contributed by atoms with Crippen LogP contribution >= 0.6 is 0 Å². The molecule has 0 radical (unpaired) electrons. The number of benzene rings is 3. The van der Waals surface area contributed by atoms with Crippen molar-refractivity contribution < 1.29 is 18.0 Å². The quantitative estimate of drug-likeness (QED) is 0.375. The fourth-order valence-electron chi connectivity index (χ4n) is 1.27. The molecule has 0 atom stereocenters. The van der Waals surface area contributed by atoms with Crippen LogP contribution in [0.2, 0.25) is 0 Å². The highest BCUT2D eigenvalue weighted by molar-refractivity contribution is 5.72. The summed E-state index contributed by atoms with van der Waals surface area (Å²) in [5.41, 5.74) is 0. The van der Waals surface area contributed by atoms with Gasteiger partial charge in [0.2, 0.25) is 0 Å². The molecule has 0 saturated heterocycles. The average Bonchev–Trinajstić information content (AvgIpc) is 2.84. The summed E-state index contributed by atoms with van der Waals surface area (Å²) < 4.78 is 35.8. The van der Waals surface area contributed by atoms with E-state index in [1.165, 1.54) is 13.8 Å². The fraction of sp³-hybridized carbons (Fsp3) is 0.276. The Morgan fingerprint density at radius 1 is 0.742 bits per heavy atom. The molecule has 2 nitrogen and oxygen atoms in total. The summed E-state index contributed by atoms with van der Waals surface area (Å²) in [6.45, 7) is 15.1. The summed E-state index contributed by atoms with van der Waals surface area (Å²) in [6, 6.07) is 29.0. The van der Waals surface area contributed by atoms with Crippen LogP contribution in [0.25, 0.3) is 0 Å². The summed E-state index contributed by atoms with van der Waals surface area (Å²) in [4.78, 5) is 9.44. The lowest BCUT2D eigenvalue weighted by Crippen LogP contribution is -1.81. The Hall–Kier alpha value is -3.13. The molecule has 176 valence electrons. The molecular formula is C29H48O2. The zero-order valence-corrected chi connectivity index (χ0v) is 19.4. The molecule has 3 aromatic rings. The van der Waals surface area contributed by atoms with Gasteiger partial charge in [-0.15, -0.1) is 0 Å². The van der Waals surface area contributed by atoms with E-state index in [1.807, 2.05) is 82.3 Å². The van der Waals surface area contributed by atoms with E-state index in [0.29, 0.717) is 18.1 Å². The predicted molar refractivity (Wildman–Crippen MR) is 144 cm³/mol. The van der Waals surface area contributed by atoms with Crippen LogP contribution in [0.5, 0.6) is 0 Å². The van der Waals surface area contributed by atoms with Crippen LogP contribution in [0, 0.1) is 0 Å². The molecule has 0 spiro atoms. The zero-order valence-electron chi connectivity index (χ0n) is 24.4. The number of carbonyl (C=O) groups is 1. The lowest BCUT2D eigenvalue weighted by molar-refractivity contribution is -0.114. The lowest BCUT2D eigenvalue weighted by atomic mass is 10.4. The molecule has 0 heterocycles. The summed E-state index contributed by atoms with van der Waals surface area (Å²) in [5.74, 6) is 0.956. The third kappa shape index (κ3) is 52.0. The molecule has 0 aromatic heterocycles. The van der Waals surface area contributed by atoms with Gasteiger partial charge in [0.15, 0.2) is 0 Å². The molecular weight excluding hydrogens is 380 g/mol. The Balaban J connectivity index is -0.0000000782. The van der Waals surface area contributed by atoms with Gasteiger partial charge in [0, 0.05) is 4.40 Å². The highest BCUT2D eigenvalue weighted by atomic mass is 16.5. The van der Waals surface area contributed by atoms with Crippen molar-refractivity contribution >= 4 is 5.78 Å². The van der Waals surface area contributed by atoms with E-state index >= 15 is 0 Å². The van der Waals surface area contributed by atoms with Gasteiger partial charge in [-0.25, -0.2) is 0 Å². The maximum absolute atomic E-state index is 9.44. The Bertz CT molecular complexity index is 709. The van der Waals surface area contributed by atoms with Crippen LogP contribution in [0.3, 0.4) is 0 Å². The fourth-order valence-corrected chi connectivity index (χ4v) is 1.27. The minimum Gasteiger partial charge on any atom is -0.499 e. The van der Waals surface area contributed by atoms with Crippen molar-refractivity contribution in [2.75, 3.05) is 6.61 Å². The summed E-state index contributed by atoms with van der Waals surface area (Å²) in [6.07, 6.45) is 0. The largest absolute Gasteiger partial charge is 0.499 e. The van der Waals surface area contributed by atoms with Crippen molar-refractivity contribution in [2.24, 2.45) is 0 Å². The van der Waals surface area contributed by atoms with E-state index in [9.17, 15) is 4.79 Å². The molecule has 3 aromatic carbocycles. The molecule has 31 heavy (non-hydrogen) atoms.